The van der Waals surface area contributed by atoms with Gasteiger partial charge >= 0.3 is 0 Å². The minimum absolute atomic E-state index is 0. The fourth-order valence-corrected chi connectivity index (χ4v) is 12.5. The second-order valence-electron chi connectivity index (χ2n) is 26.1. The van der Waals surface area contributed by atoms with E-state index in [2.05, 4.69) is 101 Å². The summed E-state index contributed by atoms with van der Waals surface area (Å²) in [5.41, 5.74) is 7.25. The van der Waals surface area contributed by atoms with E-state index >= 15 is 0 Å². The first kappa shape index (κ1) is 79.8. The van der Waals surface area contributed by atoms with Crippen LogP contribution in [-0.2, 0) is 29.3 Å². The zero-order valence-electron chi connectivity index (χ0n) is 56.9. The summed E-state index contributed by atoms with van der Waals surface area (Å²) in [7, 11) is 0. The summed E-state index contributed by atoms with van der Waals surface area (Å²) in [6, 6.07) is 18.2. The quantitative estimate of drug-likeness (QED) is 0.0273. The van der Waals surface area contributed by atoms with Gasteiger partial charge in [-0.25, -0.2) is 4.99 Å². The van der Waals surface area contributed by atoms with Crippen LogP contribution in [0.25, 0.3) is 0 Å². The molecule has 2 rings (SSSR count). The second kappa shape index (κ2) is 65.2. The molecule has 486 valence electrons. The Morgan fingerprint density at radius 1 is 0.321 bits per heavy atom. The molecule has 84 heavy (non-hydrogen) atoms. The fraction of sp³-hybridized carbons (Fsp3) is 0.778. The summed E-state index contributed by atoms with van der Waals surface area (Å²) in [5.74, 6) is 0. The van der Waals surface area contributed by atoms with Crippen molar-refractivity contribution in [1.82, 2.24) is 0 Å². The van der Waals surface area contributed by atoms with Gasteiger partial charge in [0.1, 0.15) is 0 Å². The molecule has 0 radical (unpaired) electrons. The molecule has 0 N–H and O–H groups in total. The molecular formula is C81H142N2Ni. The fourth-order valence-electron chi connectivity index (χ4n) is 12.5. The van der Waals surface area contributed by atoms with Gasteiger partial charge in [-0.15, -0.1) is 0 Å². The first-order valence-electron chi connectivity index (χ1n) is 37.9. The van der Waals surface area contributed by atoms with Crippen molar-refractivity contribution >= 4 is 22.8 Å². The number of unbranched alkanes of at least 4 members (excludes halogenated alkanes) is 51. The number of nitrogens with zero attached hydrogens (tertiary/aromatic N) is 2. The van der Waals surface area contributed by atoms with Crippen molar-refractivity contribution in [3.63, 3.8) is 0 Å². The number of allylic oxidation sites excluding steroid dienone is 4. The van der Waals surface area contributed by atoms with Crippen molar-refractivity contribution in [2.45, 2.75) is 407 Å². The first-order chi connectivity index (χ1) is 41.2. The zero-order chi connectivity index (χ0) is 59.1. The molecule has 0 unspecified atom stereocenters. The minimum Gasteiger partial charge on any atom is -0.251 e. The number of benzene rings is 2. The molecule has 0 aliphatic heterocycles. The molecule has 0 saturated heterocycles. The molecule has 2 aromatic carbocycles. The van der Waals surface area contributed by atoms with Crippen LogP contribution in [0.5, 0.6) is 0 Å². The van der Waals surface area contributed by atoms with E-state index in [1.54, 1.807) is 0 Å². The van der Waals surface area contributed by atoms with Crippen LogP contribution in [0, 0.1) is 0 Å². The Balaban J connectivity index is 0.0000353. The largest absolute Gasteiger partial charge is 0.251 e. The van der Waals surface area contributed by atoms with Gasteiger partial charge in [0.05, 0.1) is 22.8 Å². The third-order valence-electron chi connectivity index (χ3n) is 18.0. The molecule has 0 bridgehead atoms. The summed E-state index contributed by atoms with van der Waals surface area (Å²) in [6.07, 6.45) is 90.7. The molecule has 0 aromatic heterocycles. The van der Waals surface area contributed by atoms with Crippen LogP contribution in [-0.4, -0.2) is 11.4 Å². The van der Waals surface area contributed by atoms with Crippen LogP contribution in [0.4, 0.5) is 11.4 Å². The monoisotopic (exact) mass is 1200 g/mol. The number of aliphatic imine (C=N–C) groups is 2. The summed E-state index contributed by atoms with van der Waals surface area (Å²) in [6.45, 7) is 9.18. The van der Waals surface area contributed by atoms with Crippen molar-refractivity contribution < 1.29 is 16.5 Å². The van der Waals surface area contributed by atoms with Gasteiger partial charge in [-0.3, -0.25) is 4.99 Å². The van der Waals surface area contributed by atoms with E-state index < -0.39 is 0 Å². The maximum absolute atomic E-state index is 5.63. The standard InChI is InChI=1S/C81H142N2.Ni/c1-5-9-13-17-20-23-26-29-32-34-36-37-38-39-41-43-46-49-52-55-58-62-73-80(82-78-71-66-68-76(75-78)67-60-57-54-51-48-45-42-31-28-25-22-19-15-11-7-3)81(83-79-72-65-64-70-77(79)69-61-16-12-8-4)74-63-59-56-53-50-47-44-40-35-33-30-27-24-21-18-14-10-6-2;/h12,16,62,64-66,68,70-73,75H,5-11,13-15,17-61,63,67,69,74H2,1-4H3;. The van der Waals surface area contributed by atoms with E-state index in [0.717, 1.165) is 55.6 Å². The van der Waals surface area contributed by atoms with Gasteiger partial charge in [-0.2, -0.15) is 0 Å². The molecule has 0 saturated carbocycles. The Morgan fingerprint density at radius 2 is 0.690 bits per heavy atom. The van der Waals surface area contributed by atoms with Crippen molar-refractivity contribution in [2.24, 2.45) is 9.98 Å². The summed E-state index contributed by atoms with van der Waals surface area (Å²) >= 11 is 0. The smallest absolute Gasteiger partial charge is 0.0848 e. The average Bonchev–Trinajstić information content (AvgIpc) is 3.68. The molecule has 2 aromatic rings. The molecule has 0 aliphatic carbocycles. The van der Waals surface area contributed by atoms with Crippen LogP contribution in [0.15, 0.2) is 82.8 Å². The van der Waals surface area contributed by atoms with Crippen LogP contribution in [0.3, 0.4) is 0 Å². The SMILES string of the molecule is CCC=CCCc1ccccc1N=C(CCCCCCCCCCCCCCCCCCCC)C(C=CCCCCCCCCCCCCCCCCCCCCCC)=Nc1cccc(CCCCCCCCCCCCCCCCC)c1.[Ni]. The predicted molar refractivity (Wildman–Crippen MR) is 379 cm³/mol. The van der Waals surface area contributed by atoms with E-state index in [4.69, 9.17) is 9.98 Å². The summed E-state index contributed by atoms with van der Waals surface area (Å²) in [4.78, 5) is 11.2. The molecule has 0 amide bonds. The molecule has 0 spiro atoms. The summed E-state index contributed by atoms with van der Waals surface area (Å²) < 4.78 is 0. The number of aryl methyl sites for hydroxylation is 2. The van der Waals surface area contributed by atoms with Gasteiger partial charge in [0.15, 0.2) is 0 Å². The van der Waals surface area contributed by atoms with Crippen LogP contribution >= 0.6 is 0 Å². The zero-order valence-corrected chi connectivity index (χ0v) is 57.8. The van der Waals surface area contributed by atoms with Gasteiger partial charge in [0, 0.05) is 16.5 Å². The Bertz CT molecular complexity index is 1770. The van der Waals surface area contributed by atoms with Crippen LogP contribution < -0.4 is 0 Å². The van der Waals surface area contributed by atoms with E-state index in [9.17, 15) is 0 Å². The van der Waals surface area contributed by atoms with Gasteiger partial charge in [-0.05, 0) is 93.2 Å². The first-order valence-corrected chi connectivity index (χ1v) is 37.9. The van der Waals surface area contributed by atoms with Crippen molar-refractivity contribution in [3.05, 3.63) is 84.0 Å². The maximum atomic E-state index is 5.63. The Labute approximate surface area is 536 Å². The van der Waals surface area contributed by atoms with Crippen molar-refractivity contribution in [3.8, 4) is 0 Å². The molecule has 0 fully saturated rings. The van der Waals surface area contributed by atoms with E-state index in [1.165, 1.54) is 357 Å². The van der Waals surface area contributed by atoms with Gasteiger partial charge < -0.3 is 0 Å². The van der Waals surface area contributed by atoms with Crippen LogP contribution in [0.2, 0.25) is 0 Å². The predicted octanol–water partition coefficient (Wildman–Crippen LogP) is 29.0. The topological polar surface area (TPSA) is 24.7 Å². The second-order valence-corrected chi connectivity index (χ2v) is 26.1. The average molecular weight is 1200 g/mol. The molecular weight excluding hydrogens is 1060 g/mol. The summed E-state index contributed by atoms with van der Waals surface area (Å²) in [5, 5.41) is 0. The molecule has 2 nitrogen and oxygen atoms in total. The van der Waals surface area contributed by atoms with Gasteiger partial charge in [0.25, 0.3) is 0 Å². The minimum atomic E-state index is 0. The third-order valence-corrected chi connectivity index (χ3v) is 18.0. The van der Waals surface area contributed by atoms with E-state index in [-0.39, 0.29) is 16.5 Å². The molecule has 0 aliphatic rings. The molecule has 3 heteroatoms. The van der Waals surface area contributed by atoms with Gasteiger partial charge in [-0.1, -0.05) is 397 Å². The molecule has 0 heterocycles. The number of rotatable bonds is 64. The maximum Gasteiger partial charge on any atom is 0.0848 e. The number of hydrogen-bond acceptors (Lipinski definition) is 2. The van der Waals surface area contributed by atoms with Crippen LogP contribution in [0.1, 0.15) is 405 Å². The third kappa shape index (κ3) is 51.8. The van der Waals surface area contributed by atoms with E-state index in [1.807, 2.05) is 0 Å². The van der Waals surface area contributed by atoms with Crippen molar-refractivity contribution in [2.75, 3.05) is 0 Å². The number of hydrogen-bond donors (Lipinski definition) is 0. The Morgan fingerprint density at radius 3 is 1.10 bits per heavy atom. The van der Waals surface area contributed by atoms with E-state index in [0.29, 0.717) is 0 Å². The Hall–Kier alpha value is -2.25. The Kier molecular flexibility index (Phi) is 61.9. The van der Waals surface area contributed by atoms with Gasteiger partial charge in [0.2, 0.25) is 0 Å². The number of para-hydroxylation sites is 1. The molecule has 0 atom stereocenters. The normalized spacial score (nSPS) is 12.2. The van der Waals surface area contributed by atoms with Crippen molar-refractivity contribution in [1.29, 1.82) is 0 Å².